The van der Waals surface area contributed by atoms with Gasteiger partial charge in [0, 0.05) is 38.8 Å². The van der Waals surface area contributed by atoms with Crippen molar-refractivity contribution in [3.63, 3.8) is 0 Å². The van der Waals surface area contributed by atoms with E-state index in [2.05, 4.69) is 11.5 Å². The third-order valence-corrected chi connectivity index (χ3v) is 7.04. The zero-order valence-electron chi connectivity index (χ0n) is 20.2. The molecule has 0 bridgehead atoms. The maximum atomic E-state index is 13.3. The minimum atomic E-state index is -0.212. The largest absolute Gasteiger partial charge is 0.424 e. The molecule has 3 heterocycles. The van der Waals surface area contributed by atoms with Gasteiger partial charge in [-0.1, -0.05) is 48.0 Å². The van der Waals surface area contributed by atoms with E-state index < -0.39 is 0 Å². The van der Waals surface area contributed by atoms with Crippen molar-refractivity contribution in [3.05, 3.63) is 81.7 Å². The lowest BCUT2D eigenvalue weighted by Gasteiger charge is -2.32. The highest BCUT2D eigenvalue weighted by atomic mass is 35.5. The van der Waals surface area contributed by atoms with Gasteiger partial charge in [0.1, 0.15) is 11.6 Å². The molecule has 0 unspecified atom stereocenters. The Kier molecular flexibility index (Phi) is 6.94. The monoisotopic (exact) mass is 527 g/mol. The number of hydrogen-bond acceptors (Lipinski definition) is 6. The SMILES string of the molecule is C=C1N(C)C(=O)c2c(nc(Oc3cc(CN4CCOCC4)ccc3Cl)n2Cc2ccc(Cl)cc2)N1C. The van der Waals surface area contributed by atoms with Gasteiger partial charge in [-0.25, -0.2) is 0 Å². The van der Waals surface area contributed by atoms with Crippen LogP contribution in [0, 0.1) is 0 Å². The Morgan fingerprint density at radius 1 is 1.00 bits per heavy atom. The number of ether oxygens (including phenoxy) is 2. The van der Waals surface area contributed by atoms with Crippen LogP contribution in [0.5, 0.6) is 11.8 Å². The molecule has 10 heteroatoms. The predicted molar refractivity (Wildman–Crippen MR) is 140 cm³/mol. The second-order valence-corrected chi connectivity index (χ2v) is 9.72. The van der Waals surface area contributed by atoms with Crippen molar-refractivity contribution in [2.45, 2.75) is 13.1 Å². The molecule has 1 aromatic heterocycles. The van der Waals surface area contributed by atoms with Crippen molar-refractivity contribution in [2.75, 3.05) is 45.3 Å². The number of nitrogens with zero attached hydrogens (tertiary/aromatic N) is 5. The summed E-state index contributed by atoms with van der Waals surface area (Å²) >= 11 is 12.6. The molecule has 5 rings (SSSR count). The molecule has 0 atom stereocenters. The van der Waals surface area contributed by atoms with Crippen LogP contribution in [0.15, 0.2) is 54.9 Å². The standard InChI is InChI=1S/C26H27Cl2N5O3/c1-17-30(2)24-23(25(34)31(17)3)33(16-18-4-7-20(27)8-5-18)26(29-24)36-22-14-19(6-9-21(22)28)15-32-10-12-35-13-11-32/h4-9,14H,1,10-13,15-16H2,2-3H3. The van der Waals surface area contributed by atoms with Gasteiger partial charge in [0.25, 0.3) is 5.91 Å². The topological polar surface area (TPSA) is 63.1 Å². The second-order valence-electron chi connectivity index (χ2n) is 8.87. The summed E-state index contributed by atoms with van der Waals surface area (Å²) in [6.45, 7) is 8.35. The van der Waals surface area contributed by atoms with Crippen LogP contribution < -0.4 is 9.64 Å². The average Bonchev–Trinajstić information content (AvgIpc) is 3.23. The van der Waals surface area contributed by atoms with Gasteiger partial charge in [-0.3, -0.25) is 19.2 Å². The van der Waals surface area contributed by atoms with E-state index in [1.165, 1.54) is 4.90 Å². The van der Waals surface area contributed by atoms with E-state index in [1.807, 2.05) is 49.5 Å². The Morgan fingerprint density at radius 3 is 2.42 bits per heavy atom. The number of amides is 1. The summed E-state index contributed by atoms with van der Waals surface area (Å²) in [4.78, 5) is 23.6. The number of aromatic nitrogens is 2. The van der Waals surface area contributed by atoms with E-state index in [-0.39, 0.29) is 11.9 Å². The van der Waals surface area contributed by atoms with Gasteiger partial charge < -0.3 is 14.4 Å². The number of morpholine rings is 1. The number of imidazole rings is 1. The smallest absolute Gasteiger partial charge is 0.304 e. The molecule has 36 heavy (non-hydrogen) atoms. The summed E-state index contributed by atoms with van der Waals surface area (Å²) in [5.74, 6) is 1.27. The fraction of sp³-hybridized carbons (Fsp3) is 0.308. The Balaban J connectivity index is 1.52. The molecule has 1 fully saturated rings. The minimum Gasteiger partial charge on any atom is -0.424 e. The summed E-state index contributed by atoms with van der Waals surface area (Å²) in [7, 11) is 3.51. The predicted octanol–water partition coefficient (Wildman–Crippen LogP) is 4.86. The van der Waals surface area contributed by atoms with Crippen molar-refractivity contribution >= 4 is 34.9 Å². The molecule has 188 valence electrons. The highest BCUT2D eigenvalue weighted by Crippen LogP contribution is 2.37. The van der Waals surface area contributed by atoms with E-state index >= 15 is 0 Å². The first-order valence-electron chi connectivity index (χ1n) is 11.6. The van der Waals surface area contributed by atoms with Gasteiger partial charge in [-0.2, -0.15) is 4.98 Å². The molecule has 0 aliphatic carbocycles. The van der Waals surface area contributed by atoms with E-state index in [0.29, 0.717) is 39.7 Å². The Labute approximate surface area is 220 Å². The summed E-state index contributed by atoms with van der Waals surface area (Å²) in [5, 5.41) is 1.10. The molecular formula is C26H27Cl2N5O3. The van der Waals surface area contributed by atoms with E-state index in [4.69, 9.17) is 37.7 Å². The van der Waals surface area contributed by atoms with Crippen LogP contribution in [0.25, 0.3) is 0 Å². The number of halogens is 2. The van der Waals surface area contributed by atoms with Crippen molar-refractivity contribution in [1.82, 2.24) is 19.4 Å². The molecule has 2 aliphatic rings. The normalized spacial score (nSPS) is 16.4. The van der Waals surface area contributed by atoms with E-state index in [1.54, 1.807) is 16.5 Å². The number of rotatable bonds is 6. The number of anilines is 1. The maximum Gasteiger partial charge on any atom is 0.304 e. The lowest BCUT2D eigenvalue weighted by atomic mass is 10.2. The van der Waals surface area contributed by atoms with Crippen LogP contribution in [0.1, 0.15) is 21.6 Å². The zero-order valence-corrected chi connectivity index (χ0v) is 21.7. The first kappa shape index (κ1) is 24.6. The summed E-state index contributed by atoms with van der Waals surface area (Å²) < 4.78 is 13.5. The molecular weight excluding hydrogens is 501 g/mol. The van der Waals surface area contributed by atoms with Crippen molar-refractivity contribution in [2.24, 2.45) is 0 Å². The van der Waals surface area contributed by atoms with Crippen LogP contribution >= 0.6 is 23.2 Å². The number of carbonyl (C=O) groups is 1. The molecule has 0 radical (unpaired) electrons. The van der Waals surface area contributed by atoms with Crippen molar-refractivity contribution in [1.29, 1.82) is 0 Å². The Morgan fingerprint density at radius 2 is 1.69 bits per heavy atom. The van der Waals surface area contributed by atoms with Crippen LogP contribution in [-0.2, 0) is 17.8 Å². The zero-order chi connectivity index (χ0) is 25.4. The molecule has 3 aromatic rings. The molecule has 8 nitrogen and oxygen atoms in total. The third-order valence-electron chi connectivity index (χ3n) is 6.47. The quantitative estimate of drug-likeness (QED) is 0.456. The van der Waals surface area contributed by atoms with Gasteiger partial charge in [-0.15, -0.1) is 0 Å². The molecule has 1 saturated heterocycles. The third kappa shape index (κ3) is 4.82. The summed E-state index contributed by atoms with van der Waals surface area (Å²) in [5.41, 5.74) is 2.43. The molecule has 0 N–H and O–H groups in total. The number of carbonyl (C=O) groups excluding carboxylic acids is 1. The summed E-state index contributed by atoms with van der Waals surface area (Å²) in [6, 6.07) is 13.5. The van der Waals surface area contributed by atoms with E-state index in [0.717, 1.165) is 44.0 Å². The first-order chi connectivity index (χ1) is 17.3. The minimum absolute atomic E-state index is 0.212. The fourth-order valence-electron chi connectivity index (χ4n) is 4.33. The van der Waals surface area contributed by atoms with E-state index in [9.17, 15) is 4.79 Å². The first-order valence-corrected chi connectivity index (χ1v) is 12.4. The maximum absolute atomic E-state index is 13.3. The van der Waals surface area contributed by atoms with Crippen LogP contribution in [0.4, 0.5) is 5.82 Å². The van der Waals surface area contributed by atoms with Crippen LogP contribution in [-0.4, -0.2) is 65.7 Å². The van der Waals surface area contributed by atoms with Gasteiger partial charge in [-0.05, 0) is 35.4 Å². The second kappa shape index (κ2) is 10.1. The van der Waals surface area contributed by atoms with Crippen molar-refractivity contribution in [3.8, 4) is 11.8 Å². The van der Waals surface area contributed by atoms with Crippen LogP contribution in [0.3, 0.4) is 0 Å². The van der Waals surface area contributed by atoms with Gasteiger partial charge >= 0.3 is 6.01 Å². The lowest BCUT2D eigenvalue weighted by molar-refractivity contribution is 0.0342. The lowest BCUT2D eigenvalue weighted by Crippen LogP contribution is -2.41. The van der Waals surface area contributed by atoms with Crippen molar-refractivity contribution < 1.29 is 14.3 Å². The molecule has 2 aliphatic heterocycles. The Bertz CT molecular complexity index is 1300. The number of benzene rings is 2. The fourth-order valence-corrected chi connectivity index (χ4v) is 4.61. The van der Waals surface area contributed by atoms with Gasteiger partial charge in [0.15, 0.2) is 11.5 Å². The molecule has 0 saturated carbocycles. The number of hydrogen-bond donors (Lipinski definition) is 0. The molecule has 0 spiro atoms. The number of fused-ring (bicyclic) bond motifs is 1. The average molecular weight is 528 g/mol. The highest BCUT2D eigenvalue weighted by molar-refractivity contribution is 6.32. The highest BCUT2D eigenvalue weighted by Gasteiger charge is 2.36. The summed E-state index contributed by atoms with van der Waals surface area (Å²) in [6.07, 6.45) is 0. The van der Waals surface area contributed by atoms with Crippen LogP contribution in [0.2, 0.25) is 10.0 Å². The molecule has 1 amide bonds. The van der Waals surface area contributed by atoms with Gasteiger partial charge in [0.2, 0.25) is 0 Å². The molecule has 2 aromatic carbocycles. The Hall–Kier alpha value is -3.04. The van der Waals surface area contributed by atoms with Gasteiger partial charge in [0.05, 0.1) is 24.8 Å².